The fraction of sp³-hybridized carbons (Fsp3) is 0.231. The Morgan fingerprint density at radius 2 is 2.06 bits per heavy atom. The maximum atomic E-state index is 11.9. The second kappa shape index (κ2) is 5.64. The van der Waals surface area contributed by atoms with E-state index in [2.05, 4.69) is 15.6 Å². The third kappa shape index (κ3) is 3.30. The molecule has 0 saturated carbocycles. The van der Waals surface area contributed by atoms with Gasteiger partial charge in [-0.25, -0.2) is 4.98 Å². The van der Waals surface area contributed by atoms with Crippen LogP contribution in [0.25, 0.3) is 0 Å². The first kappa shape index (κ1) is 12.6. The molecule has 0 spiro atoms. The van der Waals surface area contributed by atoms with Gasteiger partial charge in [0.25, 0.3) is 0 Å². The van der Waals surface area contributed by atoms with Crippen molar-refractivity contribution in [3.05, 3.63) is 41.4 Å². The van der Waals surface area contributed by atoms with Crippen molar-refractivity contribution < 1.29 is 4.79 Å². The molecule has 0 unspecified atom stereocenters. The number of nitrogens with one attached hydrogen (secondary N) is 2. The van der Waals surface area contributed by atoms with E-state index in [0.717, 1.165) is 5.69 Å². The molecule has 1 aromatic heterocycles. The summed E-state index contributed by atoms with van der Waals surface area (Å²) in [7, 11) is 0. The summed E-state index contributed by atoms with van der Waals surface area (Å²) in [4.78, 5) is 15.9. The predicted molar refractivity (Wildman–Crippen MR) is 75.0 cm³/mol. The van der Waals surface area contributed by atoms with E-state index >= 15 is 0 Å². The van der Waals surface area contributed by atoms with E-state index in [-0.39, 0.29) is 11.9 Å². The van der Waals surface area contributed by atoms with Gasteiger partial charge in [-0.2, -0.15) is 0 Å². The van der Waals surface area contributed by atoms with E-state index in [4.69, 9.17) is 0 Å². The van der Waals surface area contributed by atoms with Crippen LogP contribution in [-0.4, -0.2) is 16.9 Å². The molecule has 0 aliphatic carbocycles. The number of benzene rings is 1. The van der Waals surface area contributed by atoms with Gasteiger partial charge < -0.3 is 10.6 Å². The number of hydrogen-bond acceptors (Lipinski definition) is 4. The van der Waals surface area contributed by atoms with Crippen molar-refractivity contribution >= 4 is 28.1 Å². The van der Waals surface area contributed by atoms with Gasteiger partial charge in [-0.3, -0.25) is 4.79 Å². The number of rotatable bonds is 4. The molecule has 5 heteroatoms. The maximum Gasteiger partial charge on any atom is 0.248 e. The van der Waals surface area contributed by atoms with Crippen LogP contribution in [0.3, 0.4) is 0 Å². The fourth-order valence-corrected chi connectivity index (χ4v) is 2.00. The summed E-state index contributed by atoms with van der Waals surface area (Å²) in [5.74, 6) is -0.0921. The quantitative estimate of drug-likeness (QED) is 0.889. The Hall–Kier alpha value is -1.88. The molecule has 2 aromatic rings. The molecule has 2 N–H and O–H groups in total. The van der Waals surface area contributed by atoms with Gasteiger partial charge in [-0.15, -0.1) is 11.3 Å². The number of aryl methyl sites for hydroxylation is 1. The lowest BCUT2D eigenvalue weighted by atomic mass is 10.2. The Kier molecular flexibility index (Phi) is 3.94. The highest BCUT2D eigenvalue weighted by molar-refractivity contribution is 7.13. The lowest BCUT2D eigenvalue weighted by Crippen LogP contribution is -2.31. The van der Waals surface area contributed by atoms with E-state index in [9.17, 15) is 4.79 Å². The molecule has 2 rings (SSSR count). The van der Waals surface area contributed by atoms with Crippen LogP contribution in [0.15, 0.2) is 35.8 Å². The van der Waals surface area contributed by atoms with Gasteiger partial charge in [0.05, 0.1) is 0 Å². The third-order valence-corrected chi connectivity index (χ3v) is 3.18. The van der Waals surface area contributed by atoms with Crippen LogP contribution in [0.5, 0.6) is 0 Å². The third-order valence-electron chi connectivity index (χ3n) is 2.49. The predicted octanol–water partition coefficient (Wildman–Crippen LogP) is 2.89. The normalized spacial score (nSPS) is 11.9. The number of hydrogen-bond donors (Lipinski definition) is 2. The molecule has 4 nitrogen and oxygen atoms in total. The summed E-state index contributed by atoms with van der Waals surface area (Å²) in [5, 5.41) is 8.36. The van der Waals surface area contributed by atoms with Gasteiger partial charge in [0.1, 0.15) is 6.04 Å². The number of carbonyl (C=O) groups is 1. The minimum absolute atomic E-state index is 0.0921. The minimum atomic E-state index is -0.309. The first-order chi connectivity index (χ1) is 8.65. The van der Waals surface area contributed by atoms with Gasteiger partial charge in [-0.1, -0.05) is 17.7 Å². The molecule has 18 heavy (non-hydrogen) atoms. The monoisotopic (exact) mass is 261 g/mol. The summed E-state index contributed by atoms with van der Waals surface area (Å²) in [6.45, 7) is 3.85. The van der Waals surface area contributed by atoms with Gasteiger partial charge >= 0.3 is 0 Å². The maximum absolute atomic E-state index is 11.9. The Morgan fingerprint density at radius 1 is 1.33 bits per heavy atom. The standard InChI is InChI=1S/C13H15N3OS/c1-9-3-5-11(6-4-9)15-10(2)12(17)16-13-14-7-8-18-13/h3-8,10,15H,1-2H3,(H,14,16,17)/t10-/m1/s1. The molecule has 0 saturated heterocycles. The Balaban J connectivity index is 1.93. The molecular formula is C13H15N3OS. The summed E-state index contributed by atoms with van der Waals surface area (Å²) >= 11 is 1.41. The van der Waals surface area contributed by atoms with E-state index in [1.165, 1.54) is 16.9 Å². The number of aromatic nitrogens is 1. The van der Waals surface area contributed by atoms with Crippen molar-refractivity contribution in [2.24, 2.45) is 0 Å². The SMILES string of the molecule is Cc1ccc(N[C@H](C)C(=O)Nc2nccs2)cc1. The molecule has 0 aliphatic heterocycles. The van der Waals surface area contributed by atoms with Crippen LogP contribution < -0.4 is 10.6 Å². The van der Waals surface area contributed by atoms with Gasteiger partial charge in [-0.05, 0) is 26.0 Å². The zero-order valence-corrected chi connectivity index (χ0v) is 11.1. The highest BCUT2D eigenvalue weighted by Crippen LogP contribution is 2.13. The van der Waals surface area contributed by atoms with Crippen LogP contribution in [0.1, 0.15) is 12.5 Å². The Morgan fingerprint density at radius 3 is 2.67 bits per heavy atom. The van der Waals surface area contributed by atoms with E-state index < -0.39 is 0 Å². The van der Waals surface area contributed by atoms with E-state index in [1.54, 1.807) is 6.20 Å². The average molecular weight is 261 g/mol. The lowest BCUT2D eigenvalue weighted by Gasteiger charge is -2.14. The molecule has 1 atom stereocenters. The molecule has 0 fully saturated rings. The lowest BCUT2D eigenvalue weighted by molar-refractivity contribution is -0.116. The number of carbonyl (C=O) groups excluding carboxylic acids is 1. The van der Waals surface area contributed by atoms with Gasteiger partial charge in [0.15, 0.2) is 5.13 Å². The molecule has 1 amide bonds. The second-order valence-corrected chi connectivity index (χ2v) is 4.95. The second-order valence-electron chi connectivity index (χ2n) is 4.06. The highest BCUT2D eigenvalue weighted by Gasteiger charge is 2.13. The van der Waals surface area contributed by atoms with Crippen LogP contribution in [0.4, 0.5) is 10.8 Å². The first-order valence-corrected chi connectivity index (χ1v) is 6.56. The van der Waals surface area contributed by atoms with Crippen LogP contribution in [0.2, 0.25) is 0 Å². The summed E-state index contributed by atoms with van der Waals surface area (Å²) in [5.41, 5.74) is 2.13. The summed E-state index contributed by atoms with van der Waals surface area (Å²) in [6, 6.07) is 7.63. The first-order valence-electron chi connectivity index (χ1n) is 5.69. The minimum Gasteiger partial charge on any atom is -0.374 e. The number of nitrogens with zero attached hydrogens (tertiary/aromatic N) is 1. The zero-order valence-electron chi connectivity index (χ0n) is 10.3. The van der Waals surface area contributed by atoms with Crippen molar-refractivity contribution in [2.75, 3.05) is 10.6 Å². The van der Waals surface area contributed by atoms with Crippen LogP contribution in [-0.2, 0) is 4.79 Å². The van der Waals surface area contributed by atoms with Crippen molar-refractivity contribution in [3.8, 4) is 0 Å². The molecule has 0 bridgehead atoms. The Bertz CT molecular complexity index is 508. The van der Waals surface area contributed by atoms with Crippen molar-refractivity contribution in [1.29, 1.82) is 0 Å². The fourth-order valence-electron chi connectivity index (χ4n) is 1.46. The topological polar surface area (TPSA) is 54.0 Å². The van der Waals surface area contributed by atoms with Crippen molar-refractivity contribution in [3.63, 3.8) is 0 Å². The highest BCUT2D eigenvalue weighted by atomic mass is 32.1. The molecule has 94 valence electrons. The molecular weight excluding hydrogens is 246 g/mol. The smallest absolute Gasteiger partial charge is 0.248 e. The number of amides is 1. The van der Waals surface area contributed by atoms with Crippen molar-refractivity contribution in [1.82, 2.24) is 4.98 Å². The zero-order chi connectivity index (χ0) is 13.0. The van der Waals surface area contributed by atoms with E-state index in [1.807, 2.05) is 43.5 Å². The van der Waals surface area contributed by atoms with Gasteiger partial charge in [0, 0.05) is 17.3 Å². The Labute approximate surface area is 110 Å². The number of thiazole rings is 1. The molecule has 1 heterocycles. The van der Waals surface area contributed by atoms with Crippen LogP contribution >= 0.6 is 11.3 Å². The largest absolute Gasteiger partial charge is 0.374 e. The average Bonchev–Trinajstić information content (AvgIpc) is 2.85. The number of anilines is 2. The molecule has 1 aromatic carbocycles. The summed E-state index contributed by atoms with van der Waals surface area (Å²) in [6.07, 6.45) is 1.67. The molecule has 0 radical (unpaired) electrons. The van der Waals surface area contributed by atoms with Gasteiger partial charge in [0.2, 0.25) is 5.91 Å². The van der Waals surface area contributed by atoms with E-state index in [0.29, 0.717) is 5.13 Å². The summed E-state index contributed by atoms with van der Waals surface area (Å²) < 4.78 is 0. The van der Waals surface area contributed by atoms with Crippen LogP contribution in [0, 0.1) is 6.92 Å². The molecule has 0 aliphatic rings. The van der Waals surface area contributed by atoms with Crippen molar-refractivity contribution in [2.45, 2.75) is 19.9 Å².